The number of halogens is 1. The minimum absolute atomic E-state index is 0.0992. The molecule has 2 N–H and O–H groups in total. The van der Waals surface area contributed by atoms with Crippen molar-refractivity contribution in [2.24, 2.45) is 0 Å². The van der Waals surface area contributed by atoms with Crippen molar-refractivity contribution in [3.8, 4) is 0 Å². The van der Waals surface area contributed by atoms with E-state index < -0.39 is 12.0 Å². The number of carbonyl (C=O) groups is 3. The van der Waals surface area contributed by atoms with Gasteiger partial charge >= 0.3 is 5.97 Å². The second kappa shape index (κ2) is 9.80. The Morgan fingerprint density at radius 2 is 1.79 bits per heavy atom. The molecule has 0 spiro atoms. The fourth-order valence-corrected chi connectivity index (χ4v) is 4.08. The molecule has 1 fully saturated rings. The highest BCUT2D eigenvalue weighted by molar-refractivity contribution is 7.99. The van der Waals surface area contributed by atoms with Gasteiger partial charge in [-0.3, -0.25) is 9.59 Å². The molecule has 0 saturated carbocycles. The summed E-state index contributed by atoms with van der Waals surface area (Å²) in [5.41, 5.74) is 2.17. The third-order valence-electron chi connectivity index (χ3n) is 4.63. The summed E-state index contributed by atoms with van der Waals surface area (Å²) in [5.74, 6) is -0.378. The molecule has 6 nitrogen and oxygen atoms in total. The highest BCUT2D eigenvalue weighted by Gasteiger charge is 2.34. The molecule has 1 saturated heterocycles. The Morgan fingerprint density at radius 3 is 2.45 bits per heavy atom. The molecule has 2 aromatic rings. The zero-order valence-corrected chi connectivity index (χ0v) is 17.2. The van der Waals surface area contributed by atoms with Gasteiger partial charge in [-0.1, -0.05) is 23.7 Å². The second-order valence-electron chi connectivity index (χ2n) is 6.74. The smallest absolute Gasteiger partial charge is 0.326 e. The lowest BCUT2D eigenvalue weighted by molar-refractivity contribution is -0.141. The minimum Gasteiger partial charge on any atom is -0.480 e. The minimum atomic E-state index is -0.958. The van der Waals surface area contributed by atoms with Gasteiger partial charge < -0.3 is 15.3 Å². The molecular formula is C21H21ClN2O4S. The van der Waals surface area contributed by atoms with Crippen LogP contribution in [0.3, 0.4) is 0 Å². The summed E-state index contributed by atoms with van der Waals surface area (Å²) in [6.07, 6.45) is 1.20. The second-order valence-corrected chi connectivity index (χ2v) is 8.16. The molecule has 2 amide bonds. The standard InChI is InChI=1S/C21H21ClN2O4S/c22-16-7-9-17(10-8-16)23-19(25)13-29-12-14-3-5-15(6-4-14)20(26)24-11-1-2-18(24)21(27)28/h3-10,18H,1-2,11-13H2,(H,23,25)(H,27,28). The van der Waals surface area contributed by atoms with E-state index in [-0.39, 0.29) is 11.8 Å². The van der Waals surface area contributed by atoms with Crippen molar-refractivity contribution < 1.29 is 19.5 Å². The predicted molar refractivity (Wildman–Crippen MR) is 114 cm³/mol. The van der Waals surface area contributed by atoms with E-state index in [1.54, 1.807) is 36.4 Å². The Morgan fingerprint density at radius 1 is 1.10 bits per heavy atom. The van der Waals surface area contributed by atoms with Gasteiger partial charge in [-0.25, -0.2) is 4.79 Å². The molecule has 1 aliphatic heterocycles. The molecule has 0 radical (unpaired) electrons. The third-order valence-corrected chi connectivity index (χ3v) is 5.89. The summed E-state index contributed by atoms with van der Waals surface area (Å²) in [4.78, 5) is 37.3. The maximum Gasteiger partial charge on any atom is 0.326 e. The molecule has 29 heavy (non-hydrogen) atoms. The van der Waals surface area contributed by atoms with E-state index in [1.807, 2.05) is 12.1 Å². The number of carboxylic acids is 1. The van der Waals surface area contributed by atoms with Crippen LogP contribution < -0.4 is 5.32 Å². The van der Waals surface area contributed by atoms with Crippen LogP contribution in [0.25, 0.3) is 0 Å². The van der Waals surface area contributed by atoms with Crippen LogP contribution in [0.5, 0.6) is 0 Å². The first-order valence-electron chi connectivity index (χ1n) is 9.20. The van der Waals surface area contributed by atoms with Crippen molar-refractivity contribution in [2.75, 3.05) is 17.6 Å². The van der Waals surface area contributed by atoms with Crippen LogP contribution in [0.4, 0.5) is 5.69 Å². The Balaban J connectivity index is 1.48. The van der Waals surface area contributed by atoms with Crippen LogP contribution in [0.1, 0.15) is 28.8 Å². The Bertz CT molecular complexity index is 887. The number of rotatable bonds is 7. The van der Waals surface area contributed by atoms with Gasteiger partial charge in [-0.15, -0.1) is 11.8 Å². The summed E-state index contributed by atoms with van der Waals surface area (Å²) in [5, 5.41) is 12.7. The average Bonchev–Trinajstić information content (AvgIpc) is 3.20. The van der Waals surface area contributed by atoms with Gasteiger partial charge in [-0.05, 0) is 54.8 Å². The van der Waals surface area contributed by atoms with Crippen LogP contribution in [-0.2, 0) is 15.3 Å². The van der Waals surface area contributed by atoms with E-state index >= 15 is 0 Å². The van der Waals surface area contributed by atoms with Crippen molar-refractivity contribution in [1.82, 2.24) is 4.90 Å². The van der Waals surface area contributed by atoms with Gasteiger partial charge in [0, 0.05) is 28.6 Å². The Hall–Kier alpha value is -2.51. The number of likely N-dealkylation sites (tertiary alicyclic amines) is 1. The first-order valence-corrected chi connectivity index (χ1v) is 10.7. The van der Waals surface area contributed by atoms with E-state index in [1.165, 1.54) is 16.7 Å². The number of nitrogens with one attached hydrogen (secondary N) is 1. The molecule has 1 atom stereocenters. The molecule has 2 aromatic carbocycles. The number of amides is 2. The van der Waals surface area contributed by atoms with Crippen molar-refractivity contribution in [2.45, 2.75) is 24.6 Å². The molecule has 1 aliphatic rings. The molecule has 1 unspecified atom stereocenters. The Labute approximate surface area is 178 Å². The number of aliphatic carboxylic acids is 1. The van der Waals surface area contributed by atoms with Gasteiger partial charge in [-0.2, -0.15) is 0 Å². The fraction of sp³-hybridized carbons (Fsp3) is 0.286. The lowest BCUT2D eigenvalue weighted by atomic mass is 10.1. The van der Waals surface area contributed by atoms with Crippen molar-refractivity contribution in [3.05, 3.63) is 64.7 Å². The molecule has 0 bridgehead atoms. The van der Waals surface area contributed by atoms with Crippen LogP contribution in [0, 0.1) is 0 Å². The average molecular weight is 433 g/mol. The number of hydrogen-bond acceptors (Lipinski definition) is 4. The Kier molecular flexibility index (Phi) is 7.17. The maximum absolute atomic E-state index is 12.6. The lowest BCUT2D eigenvalue weighted by Crippen LogP contribution is -2.40. The number of carboxylic acid groups (broad SMARTS) is 1. The molecule has 3 rings (SSSR count). The van der Waals surface area contributed by atoms with Crippen LogP contribution in [0.2, 0.25) is 5.02 Å². The largest absolute Gasteiger partial charge is 0.480 e. The van der Waals surface area contributed by atoms with E-state index in [4.69, 9.17) is 11.6 Å². The molecular weight excluding hydrogens is 412 g/mol. The third kappa shape index (κ3) is 5.74. The zero-order valence-electron chi connectivity index (χ0n) is 15.6. The summed E-state index contributed by atoms with van der Waals surface area (Å²) in [6.45, 7) is 0.468. The molecule has 152 valence electrons. The normalized spacial score (nSPS) is 15.9. The topological polar surface area (TPSA) is 86.7 Å². The quantitative estimate of drug-likeness (QED) is 0.692. The highest BCUT2D eigenvalue weighted by Crippen LogP contribution is 2.21. The van der Waals surface area contributed by atoms with Crippen molar-refractivity contribution in [1.29, 1.82) is 0 Å². The molecule has 1 heterocycles. The monoisotopic (exact) mass is 432 g/mol. The van der Waals surface area contributed by atoms with Crippen LogP contribution >= 0.6 is 23.4 Å². The van der Waals surface area contributed by atoms with Crippen LogP contribution in [-0.4, -0.2) is 46.1 Å². The highest BCUT2D eigenvalue weighted by atomic mass is 35.5. The predicted octanol–water partition coefficient (Wildman–Crippen LogP) is 3.90. The fourth-order valence-electron chi connectivity index (χ4n) is 3.17. The maximum atomic E-state index is 12.6. The van der Waals surface area contributed by atoms with Gasteiger partial charge in [0.25, 0.3) is 5.91 Å². The zero-order chi connectivity index (χ0) is 20.8. The van der Waals surface area contributed by atoms with Gasteiger partial charge in [0.15, 0.2) is 0 Å². The van der Waals surface area contributed by atoms with Gasteiger partial charge in [0.05, 0.1) is 5.75 Å². The number of nitrogens with zero attached hydrogens (tertiary/aromatic N) is 1. The summed E-state index contributed by atoms with van der Waals surface area (Å²) >= 11 is 7.29. The summed E-state index contributed by atoms with van der Waals surface area (Å²) in [6, 6.07) is 13.3. The molecule has 8 heteroatoms. The first-order chi connectivity index (χ1) is 13.9. The number of anilines is 1. The number of benzene rings is 2. The first kappa shape index (κ1) is 21.2. The van der Waals surface area contributed by atoms with Crippen LogP contribution in [0.15, 0.2) is 48.5 Å². The summed E-state index contributed by atoms with van der Waals surface area (Å²) in [7, 11) is 0. The van der Waals surface area contributed by atoms with Gasteiger partial charge in [0.1, 0.15) is 6.04 Å². The van der Waals surface area contributed by atoms with Crippen molar-refractivity contribution in [3.63, 3.8) is 0 Å². The SMILES string of the molecule is O=C(CSCc1ccc(C(=O)N2CCCC2C(=O)O)cc1)Nc1ccc(Cl)cc1. The van der Waals surface area contributed by atoms with Crippen molar-refractivity contribution >= 4 is 46.8 Å². The van der Waals surface area contributed by atoms with Gasteiger partial charge in [0.2, 0.25) is 5.91 Å². The van der Waals surface area contributed by atoms with E-state index in [9.17, 15) is 19.5 Å². The summed E-state index contributed by atoms with van der Waals surface area (Å²) < 4.78 is 0. The van der Waals surface area contributed by atoms with E-state index in [2.05, 4.69) is 5.32 Å². The van der Waals surface area contributed by atoms with E-state index in [0.717, 1.165) is 5.56 Å². The number of thioether (sulfide) groups is 1. The number of hydrogen-bond donors (Lipinski definition) is 2. The molecule has 0 aromatic heterocycles. The lowest BCUT2D eigenvalue weighted by Gasteiger charge is -2.21. The number of carbonyl (C=O) groups excluding carboxylic acids is 2. The molecule has 0 aliphatic carbocycles. The van der Waals surface area contributed by atoms with E-state index in [0.29, 0.717) is 47.2 Å².